The van der Waals surface area contributed by atoms with Crippen molar-refractivity contribution in [3.8, 4) is 5.69 Å². The fourth-order valence-electron chi connectivity index (χ4n) is 2.42. The van der Waals surface area contributed by atoms with E-state index in [1.165, 1.54) is 0 Å². The Morgan fingerprint density at radius 2 is 1.87 bits per heavy atom. The summed E-state index contributed by atoms with van der Waals surface area (Å²) >= 11 is 1.54. The molecule has 116 valence electrons. The van der Waals surface area contributed by atoms with Crippen molar-refractivity contribution in [1.82, 2.24) is 9.55 Å². The summed E-state index contributed by atoms with van der Waals surface area (Å²) in [5.41, 5.74) is 3.67. The number of thioether (sulfide) groups is 1. The fourth-order valence-corrected chi connectivity index (χ4v) is 3.27. The van der Waals surface area contributed by atoms with Gasteiger partial charge < -0.3 is 0 Å². The monoisotopic (exact) mass is 322 g/mol. The van der Waals surface area contributed by atoms with E-state index in [4.69, 9.17) is 4.98 Å². The lowest BCUT2D eigenvalue weighted by atomic mass is 10.2. The molecular formula is C19H18N2OS. The average molecular weight is 322 g/mol. The number of fused-ring (bicyclic) bond motifs is 1. The molecule has 3 nitrogen and oxygen atoms in total. The van der Waals surface area contributed by atoms with Crippen LogP contribution in [0.1, 0.15) is 12.5 Å². The van der Waals surface area contributed by atoms with Gasteiger partial charge in [0.05, 0.1) is 16.6 Å². The number of para-hydroxylation sites is 2. The molecule has 4 heteroatoms. The lowest BCUT2D eigenvalue weighted by molar-refractivity contribution is 0.815. The van der Waals surface area contributed by atoms with Crippen molar-refractivity contribution in [2.75, 3.05) is 5.75 Å². The Morgan fingerprint density at radius 3 is 2.61 bits per heavy atom. The Morgan fingerprint density at radius 1 is 1.17 bits per heavy atom. The van der Waals surface area contributed by atoms with Crippen LogP contribution in [-0.4, -0.2) is 15.3 Å². The molecule has 0 spiro atoms. The van der Waals surface area contributed by atoms with Gasteiger partial charge in [0.2, 0.25) is 0 Å². The molecule has 3 rings (SSSR count). The van der Waals surface area contributed by atoms with Gasteiger partial charge in [0.25, 0.3) is 5.56 Å². The quantitative estimate of drug-likeness (QED) is 0.406. The largest absolute Gasteiger partial charge is 0.268 e. The van der Waals surface area contributed by atoms with Gasteiger partial charge in [0.1, 0.15) is 0 Å². The molecule has 0 saturated carbocycles. The molecule has 0 aliphatic heterocycles. The van der Waals surface area contributed by atoms with Crippen molar-refractivity contribution in [3.05, 3.63) is 76.6 Å². The molecule has 2 aromatic carbocycles. The molecule has 0 saturated heterocycles. The summed E-state index contributed by atoms with van der Waals surface area (Å²) in [6.07, 6.45) is 0. The Hall–Kier alpha value is -2.33. The predicted molar refractivity (Wildman–Crippen MR) is 97.6 cm³/mol. The second-order valence-electron chi connectivity index (χ2n) is 5.58. The van der Waals surface area contributed by atoms with Crippen LogP contribution >= 0.6 is 11.8 Å². The van der Waals surface area contributed by atoms with E-state index in [-0.39, 0.29) is 5.56 Å². The van der Waals surface area contributed by atoms with Crippen LogP contribution in [0.25, 0.3) is 16.6 Å². The summed E-state index contributed by atoms with van der Waals surface area (Å²) in [5, 5.41) is 1.33. The molecule has 0 radical (unpaired) electrons. The van der Waals surface area contributed by atoms with E-state index >= 15 is 0 Å². The van der Waals surface area contributed by atoms with Crippen molar-refractivity contribution in [2.24, 2.45) is 0 Å². The molecule has 0 atom stereocenters. The topological polar surface area (TPSA) is 34.9 Å². The van der Waals surface area contributed by atoms with Gasteiger partial charge in [-0.25, -0.2) is 4.98 Å². The maximum absolute atomic E-state index is 13.0. The highest BCUT2D eigenvalue weighted by Crippen LogP contribution is 2.24. The first-order valence-electron chi connectivity index (χ1n) is 7.43. The molecule has 0 aliphatic carbocycles. The van der Waals surface area contributed by atoms with Crippen LogP contribution in [0.4, 0.5) is 0 Å². The first kappa shape index (κ1) is 15.6. The highest BCUT2D eigenvalue weighted by molar-refractivity contribution is 7.99. The van der Waals surface area contributed by atoms with Crippen LogP contribution in [0.2, 0.25) is 0 Å². The lowest BCUT2D eigenvalue weighted by Crippen LogP contribution is -2.22. The SMILES string of the molecule is C=C(C)CSc1nc2ccccc2c(=O)n1-c1ccccc1C. The van der Waals surface area contributed by atoms with Gasteiger partial charge in [-0.1, -0.05) is 54.2 Å². The van der Waals surface area contributed by atoms with E-state index in [9.17, 15) is 4.79 Å². The van der Waals surface area contributed by atoms with Crippen LogP contribution in [0.15, 0.2) is 70.6 Å². The number of aryl methyl sites for hydroxylation is 1. The minimum atomic E-state index is -0.0332. The van der Waals surface area contributed by atoms with Crippen molar-refractivity contribution in [1.29, 1.82) is 0 Å². The third kappa shape index (κ3) is 3.08. The molecule has 1 aromatic heterocycles. The molecule has 0 amide bonds. The minimum Gasteiger partial charge on any atom is -0.268 e. The van der Waals surface area contributed by atoms with Crippen LogP contribution in [0.3, 0.4) is 0 Å². The zero-order valence-electron chi connectivity index (χ0n) is 13.2. The summed E-state index contributed by atoms with van der Waals surface area (Å²) in [4.78, 5) is 17.7. The summed E-state index contributed by atoms with van der Waals surface area (Å²) in [6.45, 7) is 7.92. The third-order valence-corrected chi connectivity index (χ3v) is 4.72. The Balaban J connectivity index is 2.30. The van der Waals surface area contributed by atoms with Crippen molar-refractivity contribution in [3.63, 3.8) is 0 Å². The summed E-state index contributed by atoms with van der Waals surface area (Å²) in [7, 11) is 0. The van der Waals surface area contributed by atoms with E-state index < -0.39 is 0 Å². The zero-order valence-corrected chi connectivity index (χ0v) is 14.1. The number of rotatable bonds is 4. The van der Waals surface area contributed by atoms with Gasteiger partial charge in [-0.2, -0.15) is 0 Å². The predicted octanol–water partition coefficient (Wildman–Crippen LogP) is 4.36. The second kappa shape index (κ2) is 6.42. The highest BCUT2D eigenvalue weighted by atomic mass is 32.2. The van der Waals surface area contributed by atoms with E-state index in [1.54, 1.807) is 16.3 Å². The maximum Gasteiger partial charge on any atom is 0.266 e. The summed E-state index contributed by atoms with van der Waals surface area (Å²) in [5.74, 6) is 0.733. The first-order valence-corrected chi connectivity index (χ1v) is 8.41. The zero-order chi connectivity index (χ0) is 16.4. The van der Waals surface area contributed by atoms with E-state index in [0.29, 0.717) is 10.5 Å². The van der Waals surface area contributed by atoms with Crippen LogP contribution in [-0.2, 0) is 0 Å². The molecular weight excluding hydrogens is 304 g/mol. The number of aromatic nitrogens is 2. The van der Waals surface area contributed by atoms with Gasteiger partial charge in [0, 0.05) is 5.75 Å². The molecule has 0 N–H and O–H groups in total. The number of benzene rings is 2. The van der Waals surface area contributed by atoms with Gasteiger partial charge in [0.15, 0.2) is 5.16 Å². The third-order valence-electron chi connectivity index (χ3n) is 3.55. The van der Waals surface area contributed by atoms with E-state index in [1.807, 2.05) is 62.4 Å². The number of hydrogen-bond acceptors (Lipinski definition) is 3. The normalized spacial score (nSPS) is 10.9. The van der Waals surface area contributed by atoms with Crippen LogP contribution < -0.4 is 5.56 Å². The summed E-state index contributed by atoms with van der Waals surface area (Å²) < 4.78 is 1.71. The van der Waals surface area contributed by atoms with Gasteiger partial charge in [-0.05, 0) is 37.6 Å². The first-order chi connectivity index (χ1) is 11.1. The standard InChI is InChI=1S/C19H18N2OS/c1-13(2)12-23-19-20-16-10-6-5-9-15(16)18(22)21(19)17-11-7-4-8-14(17)3/h4-11H,1,12H2,2-3H3. The van der Waals surface area contributed by atoms with E-state index in [0.717, 1.165) is 28.1 Å². The summed E-state index contributed by atoms with van der Waals surface area (Å²) in [6, 6.07) is 15.4. The average Bonchev–Trinajstić information content (AvgIpc) is 2.54. The molecule has 1 heterocycles. The Bertz CT molecular complexity index is 943. The van der Waals surface area contributed by atoms with Crippen LogP contribution in [0.5, 0.6) is 0 Å². The van der Waals surface area contributed by atoms with E-state index in [2.05, 4.69) is 6.58 Å². The lowest BCUT2D eigenvalue weighted by Gasteiger charge is -2.15. The number of nitrogens with zero attached hydrogens (tertiary/aromatic N) is 2. The molecule has 23 heavy (non-hydrogen) atoms. The van der Waals surface area contributed by atoms with Crippen molar-refractivity contribution >= 4 is 22.7 Å². The van der Waals surface area contributed by atoms with Gasteiger partial charge in [-0.3, -0.25) is 9.36 Å². The number of hydrogen-bond donors (Lipinski definition) is 0. The molecule has 0 unspecified atom stereocenters. The minimum absolute atomic E-state index is 0.0332. The smallest absolute Gasteiger partial charge is 0.266 e. The molecule has 0 fully saturated rings. The molecule has 3 aromatic rings. The maximum atomic E-state index is 13.0. The Kier molecular flexibility index (Phi) is 4.35. The van der Waals surface area contributed by atoms with Crippen LogP contribution in [0, 0.1) is 6.92 Å². The Labute approximate surface area is 139 Å². The van der Waals surface area contributed by atoms with Crippen molar-refractivity contribution in [2.45, 2.75) is 19.0 Å². The second-order valence-corrected chi connectivity index (χ2v) is 6.53. The van der Waals surface area contributed by atoms with Gasteiger partial charge >= 0.3 is 0 Å². The molecule has 0 bridgehead atoms. The molecule has 0 aliphatic rings. The van der Waals surface area contributed by atoms with Crippen molar-refractivity contribution < 1.29 is 0 Å². The highest BCUT2D eigenvalue weighted by Gasteiger charge is 2.14. The fraction of sp³-hybridized carbons (Fsp3) is 0.158. The van der Waals surface area contributed by atoms with Gasteiger partial charge in [-0.15, -0.1) is 0 Å².